The van der Waals surface area contributed by atoms with Gasteiger partial charge in [0.15, 0.2) is 0 Å². The van der Waals surface area contributed by atoms with Gasteiger partial charge in [-0.3, -0.25) is 0 Å². The number of rotatable bonds is 4. The van der Waals surface area contributed by atoms with E-state index in [2.05, 4.69) is 5.32 Å². The standard InChI is InChI=1S/C14H11Cl3FNO/c15-8-1-3-11(17)10(5-8)14(20)7-19-13-4-2-9(16)6-12(13)18/h1-6,14,19-20H,7H2. The zero-order valence-electron chi connectivity index (χ0n) is 10.2. The normalized spacial score (nSPS) is 12.2. The maximum Gasteiger partial charge on any atom is 0.147 e. The molecular weight excluding hydrogens is 324 g/mol. The van der Waals surface area contributed by atoms with Crippen LogP contribution in [0.2, 0.25) is 15.1 Å². The van der Waals surface area contributed by atoms with Gasteiger partial charge in [-0.25, -0.2) is 4.39 Å². The van der Waals surface area contributed by atoms with Crippen LogP contribution < -0.4 is 5.32 Å². The van der Waals surface area contributed by atoms with Crippen LogP contribution in [0, 0.1) is 5.82 Å². The molecule has 2 aromatic carbocycles. The van der Waals surface area contributed by atoms with Crippen LogP contribution in [-0.4, -0.2) is 11.7 Å². The molecule has 1 unspecified atom stereocenters. The van der Waals surface area contributed by atoms with Crippen LogP contribution in [-0.2, 0) is 0 Å². The van der Waals surface area contributed by atoms with Crippen molar-refractivity contribution in [2.75, 3.05) is 11.9 Å². The van der Waals surface area contributed by atoms with Gasteiger partial charge < -0.3 is 10.4 Å². The lowest BCUT2D eigenvalue weighted by atomic mass is 10.1. The van der Waals surface area contributed by atoms with Gasteiger partial charge in [0, 0.05) is 27.2 Å². The Morgan fingerprint density at radius 3 is 2.40 bits per heavy atom. The van der Waals surface area contributed by atoms with Gasteiger partial charge in [0.2, 0.25) is 0 Å². The minimum atomic E-state index is -0.906. The molecule has 6 heteroatoms. The van der Waals surface area contributed by atoms with E-state index in [4.69, 9.17) is 34.8 Å². The molecule has 0 aliphatic carbocycles. The first-order chi connectivity index (χ1) is 9.47. The summed E-state index contributed by atoms with van der Waals surface area (Å²) >= 11 is 17.5. The Bertz CT molecular complexity index is 621. The molecule has 2 rings (SSSR count). The molecule has 2 nitrogen and oxygen atoms in total. The van der Waals surface area contributed by atoms with Crippen molar-refractivity contribution in [2.24, 2.45) is 0 Å². The average Bonchev–Trinajstić information content (AvgIpc) is 2.40. The lowest BCUT2D eigenvalue weighted by Gasteiger charge is -2.15. The highest BCUT2D eigenvalue weighted by Gasteiger charge is 2.13. The average molecular weight is 335 g/mol. The summed E-state index contributed by atoms with van der Waals surface area (Å²) in [7, 11) is 0. The molecule has 0 bridgehead atoms. The maximum atomic E-state index is 13.6. The number of aliphatic hydroxyl groups excluding tert-OH is 1. The number of aliphatic hydroxyl groups is 1. The summed E-state index contributed by atoms with van der Waals surface area (Å²) < 4.78 is 13.6. The molecule has 0 aliphatic rings. The van der Waals surface area contributed by atoms with E-state index < -0.39 is 11.9 Å². The molecular formula is C14H11Cl3FNO. The lowest BCUT2D eigenvalue weighted by molar-refractivity contribution is 0.191. The van der Waals surface area contributed by atoms with Gasteiger partial charge in [0.05, 0.1) is 11.8 Å². The molecule has 0 spiro atoms. The van der Waals surface area contributed by atoms with E-state index in [1.165, 1.54) is 12.1 Å². The number of halogens is 4. The van der Waals surface area contributed by atoms with E-state index >= 15 is 0 Å². The highest BCUT2D eigenvalue weighted by atomic mass is 35.5. The fourth-order valence-electron chi connectivity index (χ4n) is 1.72. The van der Waals surface area contributed by atoms with Crippen molar-refractivity contribution in [1.29, 1.82) is 0 Å². The molecule has 0 radical (unpaired) electrons. The van der Waals surface area contributed by atoms with Crippen molar-refractivity contribution < 1.29 is 9.50 Å². The minimum Gasteiger partial charge on any atom is -0.387 e. The van der Waals surface area contributed by atoms with Gasteiger partial charge in [-0.1, -0.05) is 34.8 Å². The van der Waals surface area contributed by atoms with Crippen molar-refractivity contribution in [3.05, 3.63) is 62.8 Å². The Morgan fingerprint density at radius 1 is 1.05 bits per heavy atom. The van der Waals surface area contributed by atoms with E-state index in [9.17, 15) is 9.50 Å². The summed E-state index contributed by atoms with van der Waals surface area (Å²) in [5, 5.41) is 14.1. The fourth-order valence-corrected chi connectivity index (χ4v) is 2.30. The number of anilines is 1. The van der Waals surface area contributed by atoms with Gasteiger partial charge in [0.25, 0.3) is 0 Å². The largest absolute Gasteiger partial charge is 0.387 e. The van der Waals surface area contributed by atoms with Crippen molar-refractivity contribution in [3.63, 3.8) is 0 Å². The summed E-state index contributed by atoms with van der Waals surface area (Å²) in [6, 6.07) is 9.07. The smallest absolute Gasteiger partial charge is 0.147 e. The first kappa shape index (κ1) is 15.4. The topological polar surface area (TPSA) is 32.3 Å². The van der Waals surface area contributed by atoms with Crippen LogP contribution in [0.25, 0.3) is 0 Å². The maximum absolute atomic E-state index is 13.6. The quantitative estimate of drug-likeness (QED) is 0.831. The monoisotopic (exact) mass is 333 g/mol. The molecule has 20 heavy (non-hydrogen) atoms. The van der Waals surface area contributed by atoms with Gasteiger partial charge in [-0.15, -0.1) is 0 Å². The van der Waals surface area contributed by atoms with Crippen LogP contribution in [0.1, 0.15) is 11.7 Å². The third-order valence-electron chi connectivity index (χ3n) is 2.73. The molecule has 0 heterocycles. The molecule has 0 saturated heterocycles. The first-order valence-corrected chi connectivity index (χ1v) is 6.92. The molecule has 2 N–H and O–H groups in total. The molecule has 1 atom stereocenters. The van der Waals surface area contributed by atoms with Crippen LogP contribution >= 0.6 is 34.8 Å². The Balaban J connectivity index is 2.08. The predicted octanol–water partition coefficient (Wildman–Crippen LogP) is 4.93. The Hall–Kier alpha value is -1.000. The summed E-state index contributed by atoms with van der Waals surface area (Å²) in [6.45, 7) is 0.0958. The highest BCUT2D eigenvalue weighted by molar-refractivity contribution is 6.33. The Kier molecular flexibility index (Phi) is 5.11. The van der Waals surface area contributed by atoms with Crippen LogP contribution in [0.3, 0.4) is 0 Å². The fraction of sp³-hybridized carbons (Fsp3) is 0.143. The predicted molar refractivity (Wildman–Crippen MR) is 81.3 cm³/mol. The van der Waals surface area contributed by atoms with Crippen LogP contribution in [0.5, 0.6) is 0 Å². The minimum absolute atomic E-state index is 0.0958. The molecule has 2 aromatic rings. The number of nitrogens with one attached hydrogen (secondary N) is 1. The number of hydrogen-bond donors (Lipinski definition) is 2. The molecule has 0 fully saturated rings. The Labute approximate surface area is 131 Å². The molecule has 0 aromatic heterocycles. The van der Waals surface area contributed by atoms with Crippen molar-refractivity contribution >= 4 is 40.5 Å². The van der Waals surface area contributed by atoms with Crippen LogP contribution in [0.4, 0.5) is 10.1 Å². The zero-order valence-corrected chi connectivity index (χ0v) is 12.5. The summed E-state index contributed by atoms with van der Waals surface area (Å²) in [5.74, 6) is -0.484. The first-order valence-electron chi connectivity index (χ1n) is 5.79. The van der Waals surface area contributed by atoms with Gasteiger partial charge >= 0.3 is 0 Å². The summed E-state index contributed by atoms with van der Waals surface area (Å²) in [4.78, 5) is 0. The van der Waals surface area contributed by atoms with Gasteiger partial charge in [0.1, 0.15) is 5.82 Å². The second-order valence-corrected chi connectivity index (χ2v) is 5.47. The van der Waals surface area contributed by atoms with Gasteiger partial charge in [-0.05, 0) is 36.4 Å². The SMILES string of the molecule is OC(CNc1ccc(Cl)cc1F)c1cc(Cl)ccc1Cl. The second kappa shape index (κ2) is 6.64. The third kappa shape index (κ3) is 3.76. The molecule has 0 saturated carbocycles. The van der Waals surface area contributed by atoms with E-state index in [0.29, 0.717) is 20.6 Å². The third-order valence-corrected chi connectivity index (χ3v) is 3.55. The number of benzene rings is 2. The number of hydrogen-bond acceptors (Lipinski definition) is 2. The molecule has 0 amide bonds. The second-order valence-electron chi connectivity index (χ2n) is 4.19. The molecule has 0 aliphatic heterocycles. The highest BCUT2D eigenvalue weighted by Crippen LogP contribution is 2.27. The summed E-state index contributed by atoms with van der Waals surface area (Å²) in [6.07, 6.45) is -0.906. The summed E-state index contributed by atoms with van der Waals surface area (Å²) in [5.41, 5.74) is 0.743. The van der Waals surface area contributed by atoms with E-state index in [1.807, 2.05) is 0 Å². The van der Waals surface area contributed by atoms with Crippen LogP contribution in [0.15, 0.2) is 36.4 Å². The van der Waals surface area contributed by atoms with E-state index in [0.717, 1.165) is 0 Å². The molecule has 106 valence electrons. The zero-order chi connectivity index (χ0) is 14.7. The van der Waals surface area contributed by atoms with E-state index in [1.54, 1.807) is 24.3 Å². The Morgan fingerprint density at radius 2 is 1.70 bits per heavy atom. The van der Waals surface area contributed by atoms with E-state index in [-0.39, 0.29) is 12.2 Å². The van der Waals surface area contributed by atoms with Gasteiger partial charge in [-0.2, -0.15) is 0 Å². The van der Waals surface area contributed by atoms with Crippen molar-refractivity contribution in [3.8, 4) is 0 Å². The lowest BCUT2D eigenvalue weighted by Crippen LogP contribution is -2.13. The van der Waals surface area contributed by atoms with Crippen molar-refractivity contribution in [2.45, 2.75) is 6.10 Å². The van der Waals surface area contributed by atoms with Crippen molar-refractivity contribution in [1.82, 2.24) is 0 Å².